The van der Waals surface area contributed by atoms with Crippen molar-refractivity contribution in [3.05, 3.63) is 29.6 Å². The summed E-state index contributed by atoms with van der Waals surface area (Å²) >= 11 is 0. The fraction of sp³-hybridized carbons (Fsp3) is 0.417. The third-order valence-electron chi connectivity index (χ3n) is 2.92. The molecule has 0 aliphatic carbocycles. The minimum Gasteiger partial charge on any atom is -0.505 e. The minimum atomic E-state index is -0.695. The number of benzene rings is 1. The smallest absolute Gasteiger partial charge is 0.407 e. The molecule has 4 nitrogen and oxygen atoms in total. The van der Waals surface area contributed by atoms with Crippen LogP contribution in [-0.4, -0.2) is 17.8 Å². The molecule has 0 spiro atoms. The van der Waals surface area contributed by atoms with Crippen LogP contribution >= 0.6 is 12.4 Å². The summed E-state index contributed by atoms with van der Waals surface area (Å²) in [5.74, 6) is -1.09. The molecular formula is C12H15ClFNO3. The summed E-state index contributed by atoms with van der Waals surface area (Å²) in [5, 5.41) is 11.8. The fourth-order valence-corrected chi connectivity index (χ4v) is 1.93. The van der Waals surface area contributed by atoms with Gasteiger partial charge < -0.3 is 15.2 Å². The largest absolute Gasteiger partial charge is 0.505 e. The van der Waals surface area contributed by atoms with Gasteiger partial charge in [0.2, 0.25) is 0 Å². The number of aromatic hydroxyl groups is 1. The Morgan fingerprint density at radius 2 is 2.17 bits per heavy atom. The number of carbonyl (C=O) groups excluding carboxylic acids is 1. The van der Waals surface area contributed by atoms with Crippen LogP contribution in [0.4, 0.5) is 9.18 Å². The van der Waals surface area contributed by atoms with Gasteiger partial charge in [-0.05, 0) is 17.7 Å². The van der Waals surface area contributed by atoms with Crippen LogP contribution in [-0.2, 0) is 4.74 Å². The summed E-state index contributed by atoms with van der Waals surface area (Å²) in [7, 11) is 0. The van der Waals surface area contributed by atoms with Gasteiger partial charge in [-0.3, -0.25) is 0 Å². The lowest BCUT2D eigenvalue weighted by atomic mass is 9.80. The highest BCUT2D eigenvalue weighted by molar-refractivity contribution is 5.85. The number of hydrogen-bond acceptors (Lipinski definition) is 3. The highest BCUT2D eigenvalue weighted by Crippen LogP contribution is 2.37. The average molecular weight is 276 g/mol. The fourth-order valence-electron chi connectivity index (χ4n) is 1.93. The number of nitrogens with one attached hydrogen (secondary N) is 1. The number of hydrogen-bond donors (Lipinski definition) is 2. The van der Waals surface area contributed by atoms with Gasteiger partial charge in [0.05, 0.1) is 6.04 Å². The maximum Gasteiger partial charge on any atom is 0.407 e. The van der Waals surface area contributed by atoms with Crippen LogP contribution in [0, 0.1) is 11.2 Å². The van der Waals surface area contributed by atoms with E-state index in [1.165, 1.54) is 12.1 Å². The molecule has 1 atom stereocenters. The summed E-state index contributed by atoms with van der Waals surface area (Å²) in [6, 6.07) is 3.77. The summed E-state index contributed by atoms with van der Waals surface area (Å²) < 4.78 is 18.2. The summed E-state index contributed by atoms with van der Waals surface area (Å²) in [5.41, 5.74) is 0.277. The number of rotatable bonds is 1. The van der Waals surface area contributed by atoms with Gasteiger partial charge in [-0.25, -0.2) is 9.18 Å². The van der Waals surface area contributed by atoms with Gasteiger partial charge >= 0.3 is 6.09 Å². The summed E-state index contributed by atoms with van der Waals surface area (Å²) in [6.07, 6.45) is -0.511. The van der Waals surface area contributed by atoms with E-state index in [2.05, 4.69) is 5.32 Å². The number of alkyl carbamates (subject to hydrolysis) is 1. The van der Waals surface area contributed by atoms with Gasteiger partial charge in [-0.2, -0.15) is 0 Å². The molecule has 1 saturated heterocycles. The van der Waals surface area contributed by atoms with Gasteiger partial charge in [0, 0.05) is 5.41 Å². The van der Waals surface area contributed by atoms with E-state index in [-0.39, 0.29) is 30.5 Å². The van der Waals surface area contributed by atoms with E-state index in [9.17, 15) is 9.18 Å². The molecule has 100 valence electrons. The third-order valence-corrected chi connectivity index (χ3v) is 2.92. The van der Waals surface area contributed by atoms with Gasteiger partial charge in [0.15, 0.2) is 11.6 Å². The normalized spacial score (nSPS) is 21.5. The third kappa shape index (κ3) is 2.67. The Bertz CT molecular complexity index is 465. The molecule has 0 saturated carbocycles. The van der Waals surface area contributed by atoms with Crippen molar-refractivity contribution in [2.45, 2.75) is 19.9 Å². The van der Waals surface area contributed by atoms with E-state index in [4.69, 9.17) is 9.84 Å². The Balaban J connectivity index is 0.00000162. The molecule has 1 amide bonds. The number of phenols is 1. The highest BCUT2D eigenvalue weighted by atomic mass is 35.5. The van der Waals surface area contributed by atoms with Crippen molar-refractivity contribution in [3.63, 3.8) is 0 Å². The number of cyclic esters (lactones) is 1. The molecule has 1 aliphatic heterocycles. The number of phenolic OH excluding ortho intramolecular Hbond substituents is 1. The van der Waals surface area contributed by atoms with Crippen LogP contribution in [0.2, 0.25) is 0 Å². The van der Waals surface area contributed by atoms with Crippen molar-refractivity contribution < 1.29 is 19.0 Å². The minimum absolute atomic E-state index is 0. The lowest BCUT2D eigenvalue weighted by Gasteiger charge is -2.38. The molecular weight excluding hydrogens is 261 g/mol. The zero-order chi connectivity index (χ0) is 12.6. The zero-order valence-electron chi connectivity index (χ0n) is 10.1. The van der Waals surface area contributed by atoms with Gasteiger partial charge in [-0.15, -0.1) is 12.4 Å². The molecule has 1 aromatic rings. The average Bonchev–Trinajstić information content (AvgIpc) is 2.26. The summed E-state index contributed by atoms with van der Waals surface area (Å²) in [6.45, 7) is 4.11. The Morgan fingerprint density at radius 3 is 2.78 bits per heavy atom. The van der Waals surface area contributed by atoms with Gasteiger partial charge in [-0.1, -0.05) is 19.9 Å². The summed E-state index contributed by atoms with van der Waals surface area (Å²) in [4.78, 5) is 11.2. The molecule has 1 aliphatic rings. The number of halogens is 2. The Labute approximate surface area is 111 Å². The Kier molecular flexibility index (Phi) is 4.06. The van der Waals surface area contributed by atoms with Crippen molar-refractivity contribution in [2.75, 3.05) is 6.61 Å². The molecule has 0 bridgehead atoms. The first kappa shape index (κ1) is 14.6. The predicted octanol–water partition coefficient (Wildman–Crippen LogP) is 2.76. The molecule has 0 aromatic heterocycles. The molecule has 1 heterocycles. The SMILES string of the molecule is CC1(C)COC(=O)N[C@H]1c1ccc(O)c(F)c1.Cl. The van der Waals surface area contributed by atoms with Gasteiger partial charge in [0.25, 0.3) is 0 Å². The highest BCUT2D eigenvalue weighted by Gasteiger charge is 2.38. The topological polar surface area (TPSA) is 58.6 Å². The van der Waals surface area contributed by atoms with E-state index in [1.54, 1.807) is 6.07 Å². The standard InChI is InChI=1S/C12H14FNO3.ClH/c1-12(2)6-17-11(16)14-10(12)7-3-4-9(15)8(13)5-7;/h3-5,10,15H,6H2,1-2H3,(H,14,16);1H/t10-;/m0./s1. The molecule has 1 fully saturated rings. The Hall–Kier alpha value is -1.49. The van der Waals surface area contributed by atoms with Gasteiger partial charge in [0.1, 0.15) is 6.61 Å². The van der Waals surface area contributed by atoms with E-state index >= 15 is 0 Å². The molecule has 6 heteroatoms. The number of ether oxygens (including phenoxy) is 1. The first-order valence-corrected chi connectivity index (χ1v) is 5.32. The molecule has 2 N–H and O–H groups in total. The van der Waals surface area contributed by atoms with E-state index in [0.29, 0.717) is 5.56 Å². The van der Waals surface area contributed by atoms with Crippen LogP contribution < -0.4 is 5.32 Å². The molecule has 2 rings (SSSR count). The zero-order valence-corrected chi connectivity index (χ0v) is 10.9. The number of carbonyl (C=O) groups is 1. The second-order valence-corrected chi connectivity index (χ2v) is 4.85. The lowest BCUT2D eigenvalue weighted by Crippen LogP contribution is -2.46. The van der Waals surface area contributed by atoms with Crippen molar-refractivity contribution in [3.8, 4) is 5.75 Å². The number of amides is 1. The monoisotopic (exact) mass is 275 g/mol. The maximum atomic E-state index is 13.3. The van der Waals surface area contributed by atoms with Crippen LogP contribution in [0.1, 0.15) is 25.5 Å². The van der Waals surface area contributed by atoms with Crippen LogP contribution in [0.5, 0.6) is 5.75 Å². The first-order valence-electron chi connectivity index (χ1n) is 5.32. The van der Waals surface area contributed by atoms with E-state index in [0.717, 1.165) is 0 Å². The quantitative estimate of drug-likeness (QED) is 0.828. The van der Waals surface area contributed by atoms with E-state index < -0.39 is 17.7 Å². The van der Waals surface area contributed by atoms with Crippen molar-refractivity contribution in [1.29, 1.82) is 0 Å². The molecule has 0 radical (unpaired) electrons. The second-order valence-electron chi connectivity index (χ2n) is 4.85. The first-order chi connectivity index (χ1) is 7.90. The molecule has 0 unspecified atom stereocenters. The predicted molar refractivity (Wildman–Crippen MR) is 66.3 cm³/mol. The maximum absolute atomic E-state index is 13.3. The van der Waals surface area contributed by atoms with Crippen molar-refractivity contribution >= 4 is 18.5 Å². The van der Waals surface area contributed by atoms with Crippen molar-refractivity contribution in [1.82, 2.24) is 5.32 Å². The second kappa shape index (κ2) is 5.02. The lowest BCUT2D eigenvalue weighted by molar-refractivity contribution is 0.0386. The van der Waals surface area contributed by atoms with E-state index in [1.807, 2.05) is 13.8 Å². The Morgan fingerprint density at radius 1 is 1.50 bits per heavy atom. The van der Waals surface area contributed by atoms with Crippen LogP contribution in [0.3, 0.4) is 0 Å². The van der Waals surface area contributed by atoms with Crippen LogP contribution in [0.25, 0.3) is 0 Å². The van der Waals surface area contributed by atoms with Crippen molar-refractivity contribution in [2.24, 2.45) is 5.41 Å². The molecule has 18 heavy (non-hydrogen) atoms. The van der Waals surface area contributed by atoms with Crippen LogP contribution in [0.15, 0.2) is 18.2 Å². The molecule has 1 aromatic carbocycles.